The summed E-state index contributed by atoms with van der Waals surface area (Å²) >= 11 is 0. The molecule has 0 radical (unpaired) electrons. The van der Waals surface area contributed by atoms with Crippen molar-refractivity contribution >= 4 is 33.4 Å². The number of anilines is 2. The maximum atomic E-state index is 12.0. The number of carbonyl (C=O) groups is 1. The average Bonchev–Trinajstić information content (AvgIpc) is 2.73. The lowest BCUT2D eigenvalue weighted by Crippen LogP contribution is -2.42. The Morgan fingerprint density at radius 1 is 1.21 bits per heavy atom. The second-order valence-corrected chi connectivity index (χ2v) is 9.82. The third-order valence-corrected chi connectivity index (χ3v) is 5.86. The number of hydrogen-bond donors (Lipinski definition) is 1. The molecule has 1 aromatic carbocycles. The standard InChI is InChI=1S/C20H25N5O7S/c1-13(2)31-20(26)24-10-8-15(9-11-24)32-18-12-17(22-19(23-18)25(27)28)21-14-4-6-16(7-5-14)33(3,29)30/h4-7,12-13,15H,8-11H2,1-3H3,(H,21,22,23). The third-order valence-electron chi connectivity index (χ3n) is 4.73. The number of amides is 1. The van der Waals surface area contributed by atoms with Crippen LogP contribution in [0.25, 0.3) is 0 Å². The number of benzene rings is 1. The van der Waals surface area contributed by atoms with Crippen molar-refractivity contribution in [2.45, 2.75) is 43.8 Å². The van der Waals surface area contributed by atoms with Gasteiger partial charge in [-0.25, -0.2) is 13.2 Å². The Morgan fingerprint density at radius 2 is 1.85 bits per heavy atom. The fourth-order valence-corrected chi connectivity index (χ4v) is 3.79. The van der Waals surface area contributed by atoms with Crippen LogP contribution in [0.4, 0.5) is 22.2 Å². The molecule has 1 saturated heterocycles. The van der Waals surface area contributed by atoms with Crippen molar-refractivity contribution in [3.63, 3.8) is 0 Å². The molecule has 0 atom stereocenters. The first-order valence-electron chi connectivity index (χ1n) is 10.2. The summed E-state index contributed by atoms with van der Waals surface area (Å²) < 4.78 is 34.2. The van der Waals surface area contributed by atoms with Gasteiger partial charge in [-0.05, 0) is 53.0 Å². The summed E-state index contributed by atoms with van der Waals surface area (Å²) in [4.78, 5) is 32.0. The first-order valence-corrected chi connectivity index (χ1v) is 12.1. The molecule has 1 amide bonds. The Hall–Kier alpha value is -3.48. The number of carbonyl (C=O) groups excluding carboxylic acids is 1. The van der Waals surface area contributed by atoms with Crippen LogP contribution in [0.15, 0.2) is 35.2 Å². The molecule has 0 bridgehead atoms. The van der Waals surface area contributed by atoms with Crippen molar-refractivity contribution in [2.75, 3.05) is 24.7 Å². The van der Waals surface area contributed by atoms with Crippen molar-refractivity contribution in [1.82, 2.24) is 14.9 Å². The summed E-state index contributed by atoms with van der Waals surface area (Å²) in [5.74, 6) is -0.493. The molecule has 178 valence electrons. The molecule has 0 saturated carbocycles. The molecule has 3 rings (SSSR count). The first kappa shape index (κ1) is 24.2. The number of nitro groups is 1. The second-order valence-electron chi connectivity index (χ2n) is 7.81. The van der Waals surface area contributed by atoms with Gasteiger partial charge in [0, 0.05) is 37.9 Å². The normalized spacial score (nSPS) is 14.7. The lowest BCUT2D eigenvalue weighted by Gasteiger charge is -2.31. The molecule has 1 aromatic heterocycles. The van der Waals surface area contributed by atoms with Crippen molar-refractivity contribution < 1.29 is 27.6 Å². The van der Waals surface area contributed by atoms with Gasteiger partial charge in [0.2, 0.25) is 5.82 Å². The molecule has 2 aromatic rings. The van der Waals surface area contributed by atoms with Crippen molar-refractivity contribution in [3.05, 3.63) is 40.4 Å². The van der Waals surface area contributed by atoms with Gasteiger partial charge in [0.1, 0.15) is 6.10 Å². The van der Waals surface area contributed by atoms with E-state index in [1.165, 1.54) is 30.3 Å². The van der Waals surface area contributed by atoms with Crippen LogP contribution in [-0.4, -0.2) is 65.9 Å². The lowest BCUT2D eigenvalue weighted by molar-refractivity contribution is -0.394. The number of nitrogens with zero attached hydrogens (tertiary/aromatic N) is 4. The fraction of sp³-hybridized carbons (Fsp3) is 0.450. The number of sulfone groups is 1. The van der Waals surface area contributed by atoms with Gasteiger partial charge in [0.05, 0.1) is 17.1 Å². The molecule has 2 heterocycles. The van der Waals surface area contributed by atoms with E-state index in [0.29, 0.717) is 31.6 Å². The van der Waals surface area contributed by atoms with Crippen LogP contribution in [0.1, 0.15) is 26.7 Å². The quantitative estimate of drug-likeness (QED) is 0.463. The highest BCUT2D eigenvalue weighted by molar-refractivity contribution is 7.90. The lowest BCUT2D eigenvalue weighted by atomic mass is 10.1. The predicted molar refractivity (Wildman–Crippen MR) is 118 cm³/mol. The zero-order valence-electron chi connectivity index (χ0n) is 18.4. The SMILES string of the molecule is CC(C)OC(=O)N1CCC(Oc2cc(Nc3ccc(S(C)(=O)=O)cc3)nc([N+](=O)[O-])n2)CC1. The van der Waals surface area contributed by atoms with Crippen LogP contribution in [-0.2, 0) is 14.6 Å². The van der Waals surface area contributed by atoms with E-state index in [0.717, 1.165) is 6.26 Å². The van der Waals surface area contributed by atoms with Crippen LogP contribution < -0.4 is 10.1 Å². The number of likely N-dealkylation sites (tertiary alicyclic amines) is 1. The van der Waals surface area contributed by atoms with E-state index >= 15 is 0 Å². The predicted octanol–water partition coefficient (Wildman–Crippen LogP) is 2.92. The van der Waals surface area contributed by atoms with Crippen molar-refractivity contribution in [1.29, 1.82) is 0 Å². The summed E-state index contributed by atoms with van der Waals surface area (Å²) in [5.41, 5.74) is 0.485. The maximum absolute atomic E-state index is 12.0. The third kappa shape index (κ3) is 6.75. The summed E-state index contributed by atoms with van der Waals surface area (Å²) in [5, 5.41) is 14.2. The minimum atomic E-state index is -3.34. The van der Waals surface area contributed by atoms with Crippen molar-refractivity contribution in [3.8, 4) is 5.88 Å². The minimum absolute atomic E-state index is 0.0233. The topological polar surface area (TPSA) is 154 Å². The van der Waals surface area contributed by atoms with Gasteiger partial charge in [-0.3, -0.25) is 0 Å². The average molecular weight is 480 g/mol. The summed E-state index contributed by atoms with van der Waals surface area (Å²) in [7, 11) is -3.34. The molecular weight excluding hydrogens is 454 g/mol. The van der Waals surface area contributed by atoms with Crippen LogP contribution in [0, 0.1) is 10.1 Å². The van der Waals surface area contributed by atoms with Gasteiger partial charge >= 0.3 is 12.0 Å². The highest BCUT2D eigenvalue weighted by atomic mass is 32.2. The van der Waals surface area contributed by atoms with Crippen LogP contribution in [0.2, 0.25) is 0 Å². The monoisotopic (exact) mass is 479 g/mol. The molecule has 0 spiro atoms. The van der Waals surface area contributed by atoms with Crippen molar-refractivity contribution in [2.24, 2.45) is 0 Å². The Bertz CT molecular complexity index is 1110. The summed E-state index contributed by atoms with van der Waals surface area (Å²) in [6.07, 6.45) is 1.26. The molecular formula is C20H25N5O7S. The Balaban J connectivity index is 1.69. The Kier molecular flexibility index (Phi) is 7.31. The van der Waals surface area contributed by atoms with Gasteiger partial charge in [0.15, 0.2) is 9.84 Å². The number of aromatic nitrogens is 2. The number of nitrogens with one attached hydrogen (secondary N) is 1. The molecule has 0 unspecified atom stereocenters. The van der Waals surface area contributed by atoms with E-state index in [9.17, 15) is 23.3 Å². The molecule has 1 aliphatic rings. The van der Waals surface area contributed by atoms with E-state index in [1.54, 1.807) is 18.7 Å². The summed E-state index contributed by atoms with van der Waals surface area (Å²) in [6.45, 7) is 4.42. The number of rotatable bonds is 7. The van der Waals surface area contributed by atoms with E-state index in [2.05, 4.69) is 15.3 Å². The molecule has 1 fully saturated rings. The Morgan fingerprint density at radius 3 is 2.39 bits per heavy atom. The van der Waals surface area contributed by atoms with E-state index in [-0.39, 0.29) is 34.9 Å². The largest absolute Gasteiger partial charge is 0.474 e. The number of piperidine rings is 1. The van der Waals surface area contributed by atoms with Crippen LogP contribution in [0.5, 0.6) is 5.88 Å². The van der Waals surface area contributed by atoms with Gasteiger partial charge in [-0.2, -0.15) is 0 Å². The highest BCUT2D eigenvalue weighted by Gasteiger charge is 2.27. The van der Waals surface area contributed by atoms with E-state index < -0.39 is 20.7 Å². The van der Waals surface area contributed by atoms with E-state index in [1.807, 2.05) is 0 Å². The molecule has 1 N–H and O–H groups in total. The molecule has 13 heteroatoms. The van der Waals surface area contributed by atoms with Crippen LogP contribution in [0.3, 0.4) is 0 Å². The van der Waals surface area contributed by atoms with Gasteiger partial charge < -0.3 is 29.8 Å². The molecule has 0 aliphatic carbocycles. The molecule has 33 heavy (non-hydrogen) atoms. The second kappa shape index (κ2) is 9.98. The molecule has 1 aliphatic heterocycles. The number of ether oxygens (including phenoxy) is 2. The fourth-order valence-electron chi connectivity index (χ4n) is 3.16. The highest BCUT2D eigenvalue weighted by Crippen LogP contribution is 2.25. The van der Waals surface area contributed by atoms with Gasteiger partial charge in [-0.1, -0.05) is 0 Å². The van der Waals surface area contributed by atoms with E-state index in [4.69, 9.17) is 9.47 Å². The first-order chi connectivity index (χ1) is 15.5. The van der Waals surface area contributed by atoms with Crippen LogP contribution >= 0.6 is 0 Å². The minimum Gasteiger partial charge on any atom is -0.462 e. The molecule has 12 nitrogen and oxygen atoms in total. The smallest absolute Gasteiger partial charge is 0.462 e. The maximum Gasteiger partial charge on any atom is 0.474 e. The number of hydrogen-bond acceptors (Lipinski definition) is 10. The summed E-state index contributed by atoms with van der Waals surface area (Å²) in [6, 6.07) is 7.32. The van der Waals surface area contributed by atoms with Gasteiger partial charge in [-0.15, -0.1) is 0 Å². The zero-order valence-corrected chi connectivity index (χ0v) is 19.2. The Labute approximate surface area is 191 Å². The van der Waals surface area contributed by atoms with Gasteiger partial charge in [0.25, 0.3) is 5.88 Å². The zero-order chi connectivity index (χ0) is 24.2.